The van der Waals surface area contributed by atoms with Gasteiger partial charge in [0, 0.05) is 6.04 Å². The van der Waals surface area contributed by atoms with Crippen molar-refractivity contribution in [3.63, 3.8) is 0 Å². The van der Waals surface area contributed by atoms with Crippen LogP contribution in [-0.2, 0) is 11.2 Å². The number of anilines is 1. The maximum absolute atomic E-state index is 12.5. The van der Waals surface area contributed by atoms with Crippen molar-refractivity contribution in [1.82, 2.24) is 20.5 Å². The SMILES string of the molecule is CCOC(=O)c1c(CC)nc2[nH]ncc2c1NC1CCNCC1. The fraction of sp³-hybridized carbons (Fsp3) is 0.562. The third kappa shape index (κ3) is 3.14. The Hall–Kier alpha value is -2.15. The number of ether oxygens (including phenoxy) is 1. The maximum Gasteiger partial charge on any atom is 0.342 e. The average molecular weight is 317 g/mol. The van der Waals surface area contributed by atoms with Gasteiger partial charge in [-0.15, -0.1) is 0 Å². The summed E-state index contributed by atoms with van der Waals surface area (Å²) in [6.45, 7) is 6.10. The molecule has 1 aliphatic rings. The average Bonchev–Trinajstić information content (AvgIpc) is 3.04. The number of nitrogens with zero attached hydrogens (tertiary/aromatic N) is 2. The van der Waals surface area contributed by atoms with Gasteiger partial charge in [-0.2, -0.15) is 5.10 Å². The molecule has 0 amide bonds. The summed E-state index contributed by atoms with van der Waals surface area (Å²) in [6, 6.07) is 0.328. The molecule has 124 valence electrons. The molecule has 7 heteroatoms. The molecular formula is C16H23N5O2. The second-order valence-electron chi connectivity index (χ2n) is 5.68. The quantitative estimate of drug-likeness (QED) is 0.729. The van der Waals surface area contributed by atoms with E-state index in [9.17, 15) is 4.79 Å². The predicted molar refractivity (Wildman–Crippen MR) is 88.7 cm³/mol. The molecule has 2 aromatic heterocycles. The molecule has 3 rings (SSSR count). The van der Waals surface area contributed by atoms with E-state index >= 15 is 0 Å². The van der Waals surface area contributed by atoms with Crippen molar-refractivity contribution in [2.24, 2.45) is 0 Å². The van der Waals surface area contributed by atoms with Crippen LogP contribution in [0.3, 0.4) is 0 Å². The number of carbonyl (C=O) groups excluding carboxylic acids is 1. The molecule has 1 saturated heterocycles. The molecule has 2 aromatic rings. The predicted octanol–water partition coefficient (Wildman–Crippen LogP) is 1.86. The van der Waals surface area contributed by atoms with Crippen LogP contribution < -0.4 is 10.6 Å². The van der Waals surface area contributed by atoms with Gasteiger partial charge in [-0.3, -0.25) is 5.10 Å². The first kappa shape index (κ1) is 15.7. The zero-order valence-corrected chi connectivity index (χ0v) is 13.6. The summed E-state index contributed by atoms with van der Waals surface area (Å²) in [4.78, 5) is 17.0. The molecule has 23 heavy (non-hydrogen) atoms. The van der Waals surface area contributed by atoms with Crippen LogP contribution in [0.2, 0.25) is 0 Å². The van der Waals surface area contributed by atoms with Crippen LogP contribution in [0.5, 0.6) is 0 Å². The van der Waals surface area contributed by atoms with Crippen molar-refractivity contribution in [2.75, 3.05) is 25.0 Å². The zero-order chi connectivity index (χ0) is 16.2. The Kier molecular flexibility index (Phi) is 4.76. The third-order valence-electron chi connectivity index (χ3n) is 4.18. The number of pyridine rings is 1. The Bertz CT molecular complexity index is 691. The highest BCUT2D eigenvalue weighted by Crippen LogP contribution is 2.30. The summed E-state index contributed by atoms with van der Waals surface area (Å²) < 4.78 is 5.26. The summed E-state index contributed by atoms with van der Waals surface area (Å²) in [5, 5.41) is 14.7. The lowest BCUT2D eigenvalue weighted by Crippen LogP contribution is -2.35. The Morgan fingerprint density at radius 1 is 1.39 bits per heavy atom. The molecule has 1 aliphatic heterocycles. The van der Waals surface area contributed by atoms with Gasteiger partial charge in [-0.05, 0) is 39.3 Å². The number of aromatic nitrogens is 3. The fourth-order valence-corrected chi connectivity index (χ4v) is 3.02. The first-order chi connectivity index (χ1) is 11.2. The number of piperidine rings is 1. The molecule has 3 N–H and O–H groups in total. The van der Waals surface area contributed by atoms with Gasteiger partial charge in [0.15, 0.2) is 5.65 Å². The molecule has 0 aliphatic carbocycles. The number of nitrogens with one attached hydrogen (secondary N) is 3. The van der Waals surface area contributed by atoms with Crippen molar-refractivity contribution >= 4 is 22.7 Å². The van der Waals surface area contributed by atoms with Crippen molar-refractivity contribution < 1.29 is 9.53 Å². The minimum atomic E-state index is -0.323. The van der Waals surface area contributed by atoms with Crippen molar-refractivity contribution in [2.45, 2.75) is 39.2 Å². The molecule has 1 fully saturated rings. The van der Waals surface area contributed by atoms with E-state index in [-0.39, 0.29) is 5.97 Å². The number of rotatable bonds is 5. The molecule has 0 bridgehead atoms. The third-order valence-corrected chi connectivity index (χ3v) is 4.18. The summed E-state index contributed by atoms with van der Waals surface area (Å²) in [6.07, 6.45) is 4.41. The lowest BCUT2D eigenvalue weighted by atomic mass is 10.0. The molecule has 0 saturated carbocycles. The second kappa shape index (κ2) is 6.95. The zero-order valence-electron chi connectivity index (χ0n) is 13.6. The lowest BCUT2D eigenvalue weighted by molar-refractivity contribution is 0.0526. The number of aromatic amines is 1. The number of aryl methyl sites for hydroxylation is 1. The van der Waals surface area contributed by atoms with E-state index in [1.807, 2.05) is 13.8 Å². The summed E-state index contributed by atoms with van der Waals surface area (Å²) in [7, 11) is 0. The molecular weight excluding hydrogens is 294 g/mol. The molecule has 0 atom stereocenters. The van der Waals surface area contributed by atoms with E-state index in [1.165, 1.54) is 0 Å². The van der Waals surface area contributed by atoms with E-state index < -0.39 is 0 Å². The van der Waals surface area contributed by atoms with E-state index in [0.29, 0.717) is 30.3 Å². The van der Waals surface area contributed by atoms with E-state index in [2.05, 4.69) is 25.8 Å². The second-order valence-corrected chi connectivity index (χ2v) is 5.68. The van der Waals surface area contributed by atoms with Crippen LogP contribution in [0.1, 0.15) is 42.7 Å². The number of esters is 1. The van der Waals surface area contributed by atoms with Gasteiger partial charge in [-0.1, -0.05) is 6.92 Å². The van der Waals surface area contributed by atoms with Crippen LogP contribution in [0.4, 0.5) is 5.69 Å². The van der Waals surface area contributed by atoms with Gasteiger partial charge in [0.1, 0.15) is 5.56 Å². The van der Waals surface area contributed by atoms with Crippen LogP contribution in [-0.4, -0.2) is 46.9 Å². The largest absolute Gasteiger partial charge is 0.462 e. The van der Waals surface area contributed by atoms with Gasteiger partial charge in [-0.25, -0.2) is 9.78 Å². The van der Waals surface area contributed by atoms with Crippen LogP contribution >= 0.6 is 0 Å². The number of hydrogen-bond donors (Lipinski definition) is 3. The van der Waals surface area contributed by atoms with Gasteiger partial charge >= 0.3 is 5.97 Å². The standard InChI is InChI=1S/C16H23N5O2/c1-3-12-13(16(22)23-4-2)14(11-9-18-21-15(11)20-12)19-10-5-7-17-8-6-10/h9-10,17H,3-8H2,1-2H3,(H2,18,19,20,21). The molecule has 0 unspecified atom stereocenters. The Labute approximate surface area is 135 Å². The summed E-state index contributed by atoms with van der Waals surface area (Å²) >= 11 is 0. The van der Waals surface area contributed by atoms with E-state index in [0.717, 1.165) is 42.7 Å². The van der Waals surface area contributed by atoms with Crippen molar-refractivity contribution in [1.29, 1.82) is 0 Å². The molecule has 3 heterocycles. The highest BCUT2D eigenvalue weighted by Gasteiger charge is 2.24. The van der Waals surface area contributed by atoms with Gasteiger partial charge in [0.25, 0.3) is 0 Å². The minimum absolute atomic E-state index is 0.323. The topological polar surface area (TPSA) is 91.9 Å². The first-order valence-electron chi connectivity index (χ1n) is 8.24. The molecule has 0 spiro atoms. The number of H-pyrrole nitrogens is 1. The monoisotopic (exact) mass is 317 g/mol. The molecule has 7 nitrogen and oxygen atoms in total. The number of carbonyl (C=O) groups is 1. The summed E-state index contributed by atoms with van der Waals surface area (Å²) in [5.41, 5.74) is 2.77. The van der Waals surface area contributed by atoms with Crippen LogP contribution in [0, 0.1) is 0 Å². The van der Waals surface area contributed by atoms with E-state index in [4.69, 9.17) is 4.74 Å². The van der Waals surface area contributed by atoms with Crippen molar-refractivity contribution in [3.8, 4) is 0 Å². The maximum atomic E-state index is 12.5. The molecule has 0 aromatic carbocycles. The fourth-order valence-electron chi connectivity index (χ4n) is 3.02. The first-order valence-corrected chi connectivity index (χ1v) is 8.24. The molecule has 0 radical (unpaired) electrons. The highest BCUT2D eigenvalue weighted by atomic mass is 16.5. The lowest BCUT2D eigenvalue weighted by Gasteiger charge is -2.26. The van der Waals surface area contributed by atoms with Crippen LogP contribution in [0.15, 0.2) is 6.20 Å². The number of fused-ring (bicyclic) bond motifs is 1. The Morgan fingerprint density at radius 3 is 2.87 bits per heavy atom. The van der Waals surface area contributed by atoms with Gasteiger partial charge in [0.05, 0.1) is 29.6 Å². The minimum Gasteiger partial charge on any atom is -0.462 e. The Morgan fingerprint density at radius 2 is 2.17 bits per heavy atom. The van der Waals surface area contributed by atoms with E-state index in [1.54, 1.807) is 6.20 Å². The smallest absolute Gasteiger partial charge is 0.342 e. The normalized spacial score (nSPS) is 15.7. The van der Waals surface area contributed by atoms with Gasteiger partial charge < -0.3 is 15.4 Å². The Balaban J connectivity index is 2.08. The van der Waals surface area contributed by atoms with Crippen LogP contribution in [0.25, 0.3) is 11.0 Å². The number of hydrogen-bond acceptors (Lipinski definition) is 6. The highest BCUT2D eigenvalue weighted by molar-refractivity contribution is 6.05. The van der Waals surface area contributed by atoms with Gasteiger partial charge in [0.2, 0.25) is 0 Å². The summed E-state index contributed by atoms with van der Waals surface area (Å²) in [5.74, 6) is -0.323. The van der Waals surface area contributed by atoms with Crippen molar-refractivity contribution in [3.05, 3.63) is 17.5 Å².